The maximum atomic E-state index is 12.2. The molecular weight excluding hydrogens is 777 g/mol. The van der Waals surface area contributed by atoms with E-state index in [1.54, 1.807) is 37.7 Å². The standard InChI is InChI=1S/C19H30N2O6S.C13H19N.C10H15N3O.CH2O2/c1-11-8-13(9-12(2)17(11)23)18(24)21-10-15(22)6-4-14(20-3)5-7-16(27-28)19(25)26;1-4-6-12-7-5-8-13(9-12)10-14-11(2)3;14-7-6-13-8-10(11-12-13)9-4-2-1-3-5-9;2-1-3/h8-9,14-16,20,22-23,28H,4-7,10H2,1-3H3,(H,21,24)(H,25,26);4-9,11,14H,10H2,1-3H3;7-9H,1-6H2;1H,(H,2,3)/b;6-4+;;. The molecule has 15 nitrogen and oxygen atoms in total. The average Bonchev–Trinajstić information content (AvgIpc) is 3.69. The van der Waals surface area contributed by atoms with Crippen molar-refractivity contribution in [1.82, 2.24) is 30.9 Å². The monoisotopic (exact) mass is 842 g/mol. The number of aliphatic hydroxyl groups is 1. The number of aldehydes is 1. The molecule has 0 spiro atoms. The summed E-state index contributed by atoms with van der Waals surface area (Å²) in [6.07, 6.45) is 13.5. The first-order valence-corrected chi connectivity index (χ1v) is 20.4. The Labute approximate surface area is 354 Å². The molecule has 4 rings (SSSR count). The number of hydrogen-bond donors (Lipinski definition) is 8. The maximum Gasteiger partial charge on any atom is 0.334 e. The van der Waals surface area contributed by atoms with Crippen LogP contribution in [-0.2, 0) is 31.7 Å². The zero-order valence-corrected chi connectivity index (χ0v) is 36.2. The lowest BCUT2D eigenvalue weighted by molar-refractivity contribution is -0.144. The Hall–Kier alpha value is -4.61. The number of aliphatic hydroxyl groups excluding tert-OH is 1. The summed E-state index contributed by atoms with van der Waals surface area (Å²) >= 11 is 3.57. The molecule has 1 heterocycles. The Balaban J connectivity index is 0.000000467. The van der Waals surface area contributed by atoms with Crippen molar-refractivity contribution in [2.75, 3.05) is 13.6 Å². The second-order valence-electron chi connectivity index (χ2n) is 14.6. The molecule has 1 aromatic heterocycles. The van der Waals surface area contributed by atoms with Gasteiger partial charge in [0.15, 0.2) is 6.10 Å². The molecule has 2 aromatic carbocycles. The van der Waals surface area contributed by atoms with Crippen molar-refractivity contribution in [3.05, 3.63) is 82.2 Å². The van der Waals surface area contributed by atoms with Crippen LogP contribution in [0.1, 0.15) is 123 Å². The van der Waals surface area contributed by atoms with Crippen LogP contribution in [-0.4, -0.2) is 97.9 Å². The van der Waals surface area contributed by atoms with Gasteiger partial charge in [0, 0.05) is 42.9 Å². The van der Waals surface area contributed by atoms with Crippen LogP contribution in [0.5, 0.6) is 5.75 Å². The molecule has 0 radical (unpaired) electrons. The van der Waals surface area contributed by atoms with Crippen molar-refractivity contribution in [2.24, 2.45) is 0 Å². The molecule has 3 unspecified atom stereocenters. The summed E-state index contributed by atoms with van der Waals surface area (Å²) in [7, 11) is 1.77. The number of carbonyl (C=O) groups excluding carboxylic acids is 2. The summed E-state index contributed by atoms with van der Waals surface area (Å²) in [6, 6.07) is 12.4. The third-order valence-electron chi connectivity index (χ3n) is 9.55. The third kappa shape index (κ3) is 21.8. The minimum absolute atomic E-state index is 0.0121. The molecule has 7 N–H and O–H groups in total. The number of allylic oxidation sites excluding steroid dienone is 1. The number of aryl methyl sites for hydroxylation is 2. The van der Waals surface area contributed by atoms with Gasteiger partial charge in [-0.15, -0.1) is 5.10 Å². The predicted octanol–water partition coefficient (Wildman–Crippen LogP) is 6.01. The Morgan fingerprint density at radius 2 is 1.68 bits per heavy atom. The molecule has 1 fully saturated rings. The molecule has 3 atom stereocenters. The summed E-state index contributed by atoms with van der Waals surface area (Å²) in [4.78, 5) is 41.8. The summed E-state index contributed by atoms with van der Waals surface area (Å²) in [6.45, 7) is 10.9. The van der Waals surface area contributed by atoms with Crippen molar-refractivity contribution in [3.8, 4) is 5.75 Å². The number of nitrogens with one attached hydrogen (secondary N) is 3. The highest BCUT2D eigenvalue weighted by molar-refractivity contribution is 7.75. The van der Waals surface area contributed by atoms with Gasteiger partial charge in [-0.2, -0.15) is 0 Å². The largest absolute Gasteiger partial charge is 0.507 e. The SMILES string of the molecule is C/C=C/c1cccc(CNC(C)C)c1.CNC(CCC(O)CNC(=O)c1cc(C)c(O)c(C)c1)CCC(OS)C(=O)O.O=CCn1cc(C2CCCCC2)nn1.O=CO. The molecule has 0 bridgehead atoms. The number of rotatable bonds is 19. The van der Waals surface area contributed by atoms with Gasteiger partial charge < -0.3 is 45.4 Å². The molecule has 1 saturated carbocycles. The molecular formula is C43H66N6O9S. The van der Waals surface area contributed by atoms with Gasteiger partial charge in [0.1, 0.15) is 12.0 Å². The van der Waals surface area contributed by atoms with Crippen LogP contribution in [0, 0.1) is 13.8 Å². The summed E-state index contributed by atoms with van der Waals surface area (Å²) in [5, 5.41) is 53.0. The number of carboxylic acid groups (broad SMARTS) is 2. The van der Waals surface area contributed by atoms with Gasteiger partial charge in [0.05, 0.1) is 18.3 Å². The van der Waals surface area contributed by atoms with E-state index < -0.39 is 18.2 Å². The van der Waals surface area contributed by atoms with Crippen LogP contribution in [0.4, 0.5) is 0 Å². The van der Waals surface area contributed by atoms with Gasteiger partial charge in [-0.25, -0.2) is 9.48 Å². The number of amides is 1. The van der Waals surface area contributed by atoms with Crippen molar-refractivity contribution in [2.45, 2.75) is 136 Å². The fraction of sp³-hybridized carbons (Fsp3) is 0.535. The van der Waals surface area contributed by atoms with Crippen molar-refractivity contribution >= 4 is 43.6 Å². The zero-order chi connectivity index (χ0) is 44.2. The van der Waals surface area contributed by atoms with Crippen molar-refractivity contribution in [3.63, 3.8) is 0 Å². The summed E-state index contributed by atoms with van der Waals surface area (Å²) < 4.78 is 6.23. The van der Waals surface area contributed by atoms with Gasteiger partial charge >= 0.3 is 5.97 Å². The molecule has 1 amide bonds. The van der Waals surface area contributed by atoms with E-state index in [2.05, 4.69) is 93.6 Å². The van der Waals surface area contributed by atoms with Crippen molar-refractivity contribution in [1.29, 1.82) is 0 Å². The number of thiol groups is 1. The Morgan fingerprint density at radius 1 is 1.03 bits per heavy atom. The number of aromatic hydroxyl groups is 1. The van der Waals surface area contributed by atoms with Crippen LogP contribution >= 0.6 is 12.9 Å². The molecule has 1 aliphatic rings. The minimum Gasteiger partial charge on any atom is -0.507 e. The number of aromatic nitrogens is 3. The van der Waals surface area contributed by atoms with E-state index >= 15 is 0 Å². The van der Waals surface area contributed by atoms with E-state index in [0.717, 1.165) is 18.5 Å². The van der Waals surface area contributed by atoms with Crippen LogP contribution < -0.4 is 16.0 Å². The first-order chi connectivity index (χ1) is 28.2. The van der Waals surface area contributed by atoms with Gasteiger partial charge in [-0.1, -0.05) is 74.7 Å². The highest BCUT2D eigenvalue weighted by atomic mass is 32.1. The molecule has 16 heteroatoms. The number of carbonyl (C=O) groups is 4. The first kappa shape index (κ1) is 52.4. The first-order valence-electron chi connectivity index (χ1n) is 20.1. The van der Waals surface area contributed by atoms with Crippen LogP contribution in [0.25, 0.3) is 6.08 Å². The van der Waals surface area contributed by atoms with E-state index in [0.29, 0.717) is 60.9 Å². The van der Waals surface area contributed by atoms with Gasteiger partial charge in [0.2, 0.25) is 0 Å². The van der Waals surface area contributed by atoms with Gasteiger partial charge in [0.25, 0.3) is 12.4 Å². The molecule has 59 heavy (non-hydrogen) atoms. The highest BCUT2D eigenvalue weighted by Gasteiger charge is 2.21. The average molecular weight is 843 g/mol. The van der Waals surface area contributed by atoms with Crippen LogP contribution in [0.2, 0.25) is 0 Å². The smallest absolute Gasteiger partial charge is 0.334 e. The number of phenols is 1. The number of nitrogens with zero attached hydrogens (tertiary/aromatic N) is 3. The Morgan fingerprint density at radius 3 is 2.24 bits per heavy atom. The number of benzene rings is 2. The quantitative estimate of drug-likeness (QED) is 0.0394. The lowest BCUT2D eigenvalue weighted by atomic mass is 9.87. The van der Waals surface area contributed by atoms with E-state index in [4.69, 9.17) is 15.0 Å². The molecule has 328 valence electrons. The highest BCUT2D eigenvalue weighted by Crippen LogP contribution is 2.31. The van der Waals surface area contributed by atoms with Gasteiger partial charge in [-0.3, -0.25) is 9.59 Å². The maximum absolute atomic E-state index is 12.2. The Kier molecular flexibility index (Phi) is 27.0. The van der Waals surface area contributed by atoms with Crippen molar-refractivity contribution < 1.29 is 43.8 Å². The molecule has 0 saturated heterocycles. The summed E-state index contributed by atoms with van der Waals surface area (Å²) in [5.74, 6) is -0.634. The molecule has 0 aliphatic heterocycles. The predicted molar refractivity (Wildman–Crippen MR) is 232 cm³/mol. The van der Waals surface area contributed by atoms with Crippen LogP contribution in [0.3, 0.4) is 0 Å². The van der Waals surface area contributed by atoms with E-state index in [1.807, 2.05) is 13.1 Å². The number of carboxylic acids is 1. The topological polar surface area (TPSA) is 225 Å². The number of phenolic OH excluding ortho intramolecular Hbond substituents is 1. The van der Waals surface area contributed by atoms with Gasteiger partial charge in [-0.05, 0) is 114 Å². The van der Waals surface area contributed by atoms with E-state index in [9.17, 15) is 24.6 Å². The fourth-order valence-electron chi connectivity index (χ4n) is 6.29. The Bertz CT molecular complexity index is 1670. The van der Waals surface area contributed by atoms with Crippen LogP contribution in [0.15, 0.2) is 48.7 Å². The van der Waals surface area contributed by atoms with E-state index in [-0.39, 0.29) is 30.7 Å². The fourth-order valence-corrected chi connectivity index (χ4v) is 6.48. The lowest BCUT2D eigenvalue weighted by Gasteiger charge is -2.20. The third-order valence-corrected chi connectivity index (χ3v) is 9.81. The normalized spacial score (nSPS) is 14.1. The second kappa shape index (κ2) is 30.4. The molecule has 3 aromatic rings. The number of hydrogen-bond acceptors (Lipinski definition) is 12. The molecule has 1 aliphatic carbocycles. The lowest BCUT2D eigenvalue weighted by Crippen LogP contribution is -2.34. The zero-order valence-electron chi connectivity index (χ0n) is 35.3. The summed E-state index contributed by atoms with van der Waals surface area (Å²) in [5.41, 5.74) is 5.34. The minimum atomic E-state index is -1.06. The number of aliphatic carboxylic acids is 1. The van der Waals surface area contributed by atoms with E-state index in [1.165, 1.54) is 43.2 Å². The second-order valence-corrected chi connectivity index (χ2v) is 14.9.